The van der Waals surface area contributed by atoms with Crippen LogP contribution < -0.4 is 31.4 Å². The molecule has 5 aromatic rings. The number of imidazole rings is 2. The Morgan fingerprint density at radius 2 is 1.69 bits per heavy atom. The molecule has 4 aliphatic rings. The van der Waals surface area contributed by atoms with Gasteiger partial charge >= 0.3 is 5.69 Å². The molecular weight excluding hydrogens is 701 g/mol. The zero-order valence-electron chi connectivity index (χ0n) is 31.2. The maximum absolute atomic E-state index is 13.4. The molecule has 16 nitrogen and oxygen atoms in total. The summed E-state index contributed by atoms with van der Waals surface area (Å²) in [7, 11) is 3.60. The zero-order valence-corrected chi connectivity index (χ0v) is 31.2. The quantitative estimate of drug-likeness (QED) is 0.190. The molecule has 0 spiro atoms. The fourth-order valence-corrected chi connectivity index (χ4v) is 8.45. The highest BCUT2D eigenvalue weighted by Gasteiger charge is 2.33. The molecule has 1 aliphatic carbocycles. The molecule has 7 heterocycles. The molecule has 1 aromatic carbocycles. The fourth-order valence-electron chi connectivity index (χ4n) is 8.45. The number of fused-ring (bicyclic) bond motifs is 2. The summed E-state index contributed by atoms with van der Waals surface area (Å²) < 4.78 is 4.81. The van der Waals surface area contributed by atoms with Gasteiger partial charge in [0.25, 0.3) is 5.91 Å². The van der Waals surface area contributed by atoms with Crippen molar-refractivity contribution < 1.29 is 14.4 Å². The van der Waals surface area contributed by atoms with Crippen LogP contribution in [0.1, 0.15) is 55.1 Å². The van der Waals surface area contributed by atoms with Gasteiger partial charge in [-0.1, -0.05) is 12.1 Å². The third kappa shape index (κ3) is 6.57. The van der Waals surface area contributed by atoms with Crippen molar-refractivity contribution in [1.82, 2.24) is 44.2 Å². The maximum atomic E-state index is 13.4. The van der Waals surface area contributed by atoms with E-state index in [0.29, 0.717) is 29.4 Å². The van der Waals surface area contributed by atoms with Gasteiger partial charge in [0.2, 0.25) is 11.8 Å². The second kappa shape index (κ2) is 14.1. The van der Waals surface area contributed by atoms with Gasteiger partial charge in [0.1, 0.15) is 17.6 Å². The highest BCUT2D eigenvalue weighted by atomic mass is 16.2. The number of benzene rings is 1. The van der Waals surface area contributed by atoms with Crippen LogP contribution >= 0.6 is 0 Å². The predicted molar refractivity (Wildman–Crippen MR) is 208 cm³/mol. The first-order valence-electron chi connectivity index (χ1n) is 19.4. The number of hydrogen-bond donors (Lipinski definition) is 3. The number of carbonyl (C=O) groups excluding carboxylic acids is 3. The third-order valence-corrected chi connectivity index (χ3v) is 11.7. The Bertz CT molecular complexity index is 2360. The van der Waals surface area contributed by atoms with Gasteiger partial charge in [0, 0.05) is 72.4 Å². The third-order valence-electron chi connectivity index (χ3n) is 11.7. The first-order chi connectivity index (χ1) is 26.7. The number of para-hydroxylation sites is 1. The monoisotopic (exact) mass is 746 g/mol. The van der Waals surface area contributed by atoms with Crippen LogP contribution in [0, 0.1) is 5.92 Å². The molecule has 1 saturated carbocycles. The lowest BCUT2D eigenvalue weighted by Crippen LogP contribution is -2.49. The lowest BCUT2D eigenvalue weighted by Gasteiger charge is -2.40. The summed E-state index contributed by atoms with van der Waals surface area (Å²) in [5.74, 6) is 0.595. The number of piperidine rings is 2. The van der Waals surface area contributed by atoms with E-state index < -0.39 is 11.9 Å². The van der Waals surface area contributed by atoms with Gasteiger partial charge in [0.15, 0.2) is 11.3 Å². The Morgan fingerprint density at radius 1 is 0.909 bits per heavy atom. The normalized spacial score (nSPS) is 20.0. The number of pyridine rings is 1. The second-order valence-corrected chi connectivity index (χ2v) is 15.2. The topological polar surface area (TPSA) is 167 Å². The van der Waals surface area contributed by atoms with Gasteiger partial charge in [-0.15, -0.1) is 0 Å². The van der Waals surface area contributed by atoms with Crippen LogP contribution in [-0.4, -0.2) is 110 Å². The Kier molecular flexibility index (Phi) is 8.99. The Labute approximate surface area is 317 Å². The van der Waals surface area contributed by atoms with Gasteiger partial charge in [-0.05, 0) is 68.4 Å². The first-order valence-corrected chi connectivity index (χ1v) is 19.4. The molecule has 55 heavy (non-hydrogen) atoms. The molecule has 1 unspecified atom stereocenters. The van der Waals surface area contributed by atoms with E-state index >= 15 is 0 Å². The van der Waals surface area contributed by atoms with Crippen LogP contribution in [0.3, 0.4) is 0 Å². The van der Waals surface area contributed by atoms with E-state index in [9.17, 15) is 19.2 Å². The van der Waals surface area contributed by atoms with Crippen molar-refractivity contribution in [3.63, 3.8) is 0 Å². The number of aryl methyl sites for hydroxylation is 1. The molecule has 3 N–H and O–H groups in total. The number of nitrogens with zero attached hydrogens (tertiary/aromatic N) is 9. The smallest absolute Gasteiger partial charge is 0.329 e. The van der Waals surface area contributed by atoms with Gasteiger partial charge in [-0.2, -0.15) is 5.10 Å². The molecule has 1 atom stereocenters. The summed E-state index contributed by atoms with van der Waals surface area (Å²) in [6.45, 7) is 6.46. The van der Waals surface area contributed by atoms with Gasteiger partial charge in [0.05, 0.1) is 34.3 Å². The van der Waals surface area contributed by atoms with Crippen molar-refractivity contribution in [2.45, 2.75) is 50.6 Å². The molecule has 4 fully saturated rings. The molecule has 4 aromatic heterocycles. The van der Waals surface area contributed by atoms with Crippen LogP contribution in [-0.2, 0) is 16.6 Å². The van der Waals surface area contributed by atoms with E-state index in [0.717, 1.165) is 105 Å². The minimum absolute atomic E-state index is 0.170. The number of nitrogens with one attached hydrogen (secondary N) is 3. The fraction of sp³-hybridized carbons (Fsp3) is 0.462. The van der Waals surface area contributed by atoms with E-state index in [1.807, 2.05) is 43.4 Å². The lowest BCUT2D eigenvalue weighted by atomic mass is 9.95. The van der Waals surface area contributed by atoms with Crippen LogP contribution in [0.15, 0.2) is 53.5 Å². The largest absolute Gasteiger partial charge is 0.385 e. The average molecular weight is 747 g/mol. The Balaban J connectivity index is 0.831. The van der Waals surface area contributed by atoms with Crippen molar-refractivity contribution in [2.24, 2.45) is 13.0 Å². The number of piperazine rings is 1. The van der Waals surface area contributed by atoms with E-state index in [-0.39, 0.29) is 30.0 Å². The highest BCUT2D eigenvalue weighted by Crippen LogP contribution is 2.33. The first kappa shape index (κ1) is 35.0. The van der Waals surface area contributed by atoms with Crippen molar-refractivity contribution >= 4 is 51.6 Å². The molecule has 3 amide bonds. The van der Waals surface area contributed by atoms with Crippen LogP contribution in [0.5, 0.6) is 0 Å². The molecule has 9 rings (SSSR count). The zero-order chi connectivity index (χ0) is 37.8. The van der Waals surface area contributed by atoms with Gasteiger partial charge in [-0.25, -0.2) is 19.3 Å². The summed E-state index contributed by atoms with van der Waals surface area (Å²) in [6.07, 6.45) is 6.22. The molecular formula is C39H46N12O4. The Morgan fingerprint density at radius 3 is 2.44 bits per heavy atom. The predicted octanol–water partition coefficient (Wildman–Crippen LogP) is 2.39. The van der Waals surface area contributed by atoms with Gasteiger partial charge in [-0.3, -0.25) is 33.7 Å². The summed E-state index contributed by atoms with van der Waals surface area (Å²) in [4.78, 5) is 67.6. The van der Waals surface area contributed by atoms with Crippen molar-refractivity contribution in [2.75, 3.05) is 68.0 Å². The summed E-state index contributed by atoms with van der Waals surface area (Å²) in [5.41, 5.74) is 5.47. The van der Waals surface area contributed by atoms with Gasteiger partial charge < -0.3 is 20.4 Å². The Hall–Kier alpha value is -5.77. The van der Waals surface area contributed by atoms with Crippen molar-refractivity contribution in [3.8, 4) is 11.4 Å². The summed E-state index contributed by atoms with van der Waals surface area (Å²) in [5, 5.41) is 13.5. The van der Waals surface area contributed by atoms with Crippen molar-refractivity contribution in [1.29, 1.82) is 0 Å². The SMILES string of the molecule is CNc1cc(-c2cccc(N3CCN(CC4CCN(c5cccc6c5n(C)c(=O)n6C5CCC(=O)NC5=O)CC4)CC3)n2)nn2c(C(=O)NC3CC3)cnc12. The number of hydrogen-bond acceptors (Lipinski definition) is 11. The van der Waals surface area contributed by atoms with Crippen LogP contribution in [0.2, 0.25) is 0 Å². The minimum Gasteiger partial charge on any atom is -0.385 e. The molecule has 0 bridgehead atoms. The molecule has 286 valence electrons. The standard InChI is InChI=1S/C39H46N12O4/c1-40-28-21-27(45-51-32(22-41-36(28)51)38(54)42-25-9-10-25)26-5-3-8-33(43-26)49-19-17-47(18-20-49)23-24-13-15-48(16-14-24)29-6-4-7-30-35(29)46(2)39(55)50(30)31-11-12-34(52)44-37(31)53/h3-8,21-22,24-25,31,40H,9-20,23H2,1-2H3,(H,42,54)(H,44,52,53). The number of aromatic nitrogens is 6. The van der Waals surface area contributed by atoms with Crippen molar-refractivity contribution in [3.05, 3.63) is 64.8 Å². The summed E-state index contributed by atoms with van der Waals surface area (Å²) >= 11 is 0. The number of anilines is 3. The lowest BCUT2D eigenvalue weighted by molar-refractivity contribution is -0.135. The maximum Gasteiger partial charge on any atom is 0.329 e. The van der Waals surface area contributed by atoms with Crippen LogP contribution in [0.4, 0.5) is 17.2 Å². The molecule has 16 heteroatoms. The number of amides is 3. The van der Waals surface area contributed by atoms with E-state index in [1.165, 1.54) is 0 Å². The van der Waals surface area contributed by atoms with E-state index in [4.69, 9.17) is 10.1 Å². The number of rotatable bonds is 9. The summed E-state index contributed by atoms with van der Waals surface area (Å²) in [6, 6.07) is 13.4. The number of imide groups is 1. The molecule has 3 saturated heterocycles. The molecule has 3 aliphatic heterocycles. The highest BCUT2D eigenvalue weighted by molar-refractivity contribution is 6.00. The molecule has 0 radical (unpaired) electrons. The van der Waals surface area contributed by atoms with Crippen LogP contribution in [0.25, 0.3) is 28.1 Å². The average Bonchev–Trinajstić information content (AvgIpc) is 3.85. The second-order valence-electron chi connectivity index (χ2n) is 15.2. The minimum atomic E-state index is -0.697. The number of carbonyl (C=O) groups is 3. The van der Waals surface area contributed by atoms with E-state index in [1.54, 1.807) is 26.9 Å². The van der Waals surface area contributed by atoms with E-state index in [2.05, 4.69) is 41.7 Å².